The summed E-state index contributed by atoms with van der Waals surface area (Å²) in [5, 5.41) is 13.7. The molecule has 1 saturated carbocycles. The van der Waals surface area contributed by atoms with E-state index in [0.717, 1.165) is 40.3 Å². The molecule has 1 aromatic rings. The van der Waals surface area contributed by atoms with Crippen LogP contribution in [-0.2, 0) is 0 Å². The van der Waals surface area contributed by atoms with Crippen LogP contribution in [0.2, 0.25) is 5.02 Å². The molecule has 0 aromatic heterocycles. The molecule has 0 bridgehead atoms. The van der Waals surface area contributed by atoms with E-state index in [1.165, 1.54) is 0 Å². The molecular formula is C12H14Br2ClNO. The Bertz CT molecular complexity index is 382. The minimum atomic E-state index is -0.120. The minimum absolute atomic E-state index is 0.120. The van der Waals surface area contributed by atoms with Gasteiger partial charge in [0.1, 0.15) is 0 Å². The van der Waals surface area contributed by atoms with E-state index in [1.807, 2.05) is 12.1 Å². The van der Waals surface area contributed by atoms with Crippen molar-refractivity contribution in [2.75, 3.05) is 5.32 Å². The molecule has 2 nitrogen and oxygen atoms in total. The monoisotopic (exact) mass is 381 g/mol. The number of rotatable bonds is 2. The number of hydrogen-bond donors (Lipinski definition) is 2. The van der Waals surface area contributed by atoms with Crippen molar-refractivity contribution in [3.8, 4) is 0 Å². The third kappa shape index (κ3) is 3.60. The van der Waals surface area contributed by atoms with E-state index in [-0.39, 0.29) is 6.10 Å². The van der Waals surface area contributed by atoms with E-state index in [9.17, 15) is 5.11 Å². The second kappa shape index (κ2) is 5.91. The molecule has 0 radical (unpaired) electrons. The van der Waals surface area contributed by atoms with Crippen LogP contribution in [0.4, 0.5) is 5.69 Å². The Hall–Kier alpha value is 0.230. The highest BCUT2D eigenvalue weighted by atomic mass is 79.9. The molecule has 0 atom stereocenters. The Morgan fingerprint density at radius 1 is 1.12 bits per heavy atom. The van der Waals surface area contributed by atoms with Crippen LogP contribution < -0.4 is 5.32 Å². The summed E-state index contributed by atoms with van der Waals surface area (Å²) in [6, 6.07) is 4.19. The maximum Gasteiger partial charge on any atom is 0.0632 e. The summed E-state index contributed by atoms with van der Waals surface area (Å²) < 4.78 is 1.92. The molecular weight excluding hydrogens is 369 g/mol. The van der Waals surface area contributed by atoms with Gasteiger partial charge in [0.2, 0.25) is 0 Å². The first-order valence-corrected chi connectivity index (χ1v) is 7.62. The van der Waals surface area contributed by atoms with Crippen molar-refractivity contribution < 1.29 is 5.11 Å². The van der Waals surface area contributed by atoms with E-state index >= 15 is 0 Å². The zero-order valence-corrected chi connectivity index (χ0v) is 13.1. The molecule has 0 unspecified atom stereocenters. The standard InChI is InChI=1S/C12H14Br2ClNO/c13-10-5-7(15)6-11(14)12(10)16-8-1-3-9(17)4-2-8/h5-6,8-9,16-17H,1-4H2. The molecule has 1 aliphatic carbocycles. The maximum absolute atomic E-state index is 9.47. The van der Waals surface area contributed by atoms with Crippen molar-refractivity contribution in [1.29, 1.82) is 0 Å². The zero-order chi connectivity index (χ0) is 12.4. The van der Waals surface area contributed by atoms with Gasteiger partial charge in [-0.05, 0) is 69.7 Å². The molecule has 0 spiro atoms. The summed E-state index contributed by atoms with van der Waals surface area (Å²) in [7, 11) is 0. The lowest BCUT2D eigenvalue weighted by Gasteiger charge is -2.28. The number of halogens is 3. The molecule has 0 heterocycles. The van der Waals surface area contributed by atoms with Gasteiger partial charge in [0, 0.05) is 20.0 Å². The second-order valence-corrected chi connectivity index (χ2v) is 6.54. The molecule has 2 rings (SSSR count). The van der Waals surface area contributed by atoms with Crippen LogP contribution in [0.25, 0.3) is 0 Å². The smallest absolute Gasteiger partial charge is 0.0632 e. The first-order valence-electron chi connectivity index (χ1n) is 5.65. The van der Waals surface area contributed by atoms with Gasteiger partial charge in [0.05, 0.1) is 11.8 Å². The maximum atomic E-state index is 9.47. The summed E-state index contributed by atoms with van der Waals surface area (Å²) in [6.07, 6.45) is 3.64. The van der Waals surface area contributed by atoms with E-state index in [0.29, 0.717) is 11.1 Å². The largest absolute Gasteiger partial charge is 0.393 e. The SMILES string of the molecule is OC1CCC(Nc2c(Br)cc(Cl)cc2Br)CC1. The lowest BCUT2D eigenvalue weighted by Crippen LogP contribution is -2.28. The Kier molecular flexibility index (Phi) is 4.75. The van der Waals surface area contributed by atoms with Crippen molar-refractivity contribution in [2.45, 2.75) is 37.8 Å². The zero-order valence-electron chi connectivity index (χ0n) is 9.22. The molecule has 1 aliphatic rings. The quantitative estimate of drug-likeness (QED) is 0.783. The third-order valence-corrected chi connectivity index (χ3v) is 4.52. The number of aliphatic hydroxyl groups excluding tert-OH is 1. The van der Waals surface area contributed by atoms with Gasteiger partial charge in [-0.1, -0.05) is 11.6 Å². The molecule has 17 heavy (non-hydrogen) atoms. The highest BCUT2D eigenvalue weighted by Crippen LogP contribution is 2.36. The van der Waals surface area contributed by atoms with Gasteiger partial charge >= 0.3 is 0 Å². The van der Waals surface area contributed by atoms with E-state index in [4.69, 9.17) is 11.6 Å². The van der Waals surface area contributed by atoms with Crippen LogP contribution in [0.15, 0.2) is 21.1 Å². The second-order valence-electron chi connectivity index (χ2n) is 4.39. The number of anilines is 1. The molecule has 2 N–H and O–H groups in total. The topological polar surface area (TPSA) is 32.3 Å². The lowest BCUT2D eigenvalue weighted by molar-refractivity contribution is 0.126. The van der Waals surface area contributed by atoms with Crippen LogP contribution in [-0.4, -0.2) is 17.3 Å². The fraction of sp³-hybridized carbons (Fsp3) is 0.500. The van der Waals surface area contributed by atoms with Gasteiger partial charge in [-0.15, -0.1) is 0 Å². The Balaban J connectivity index is 2.08. The van der Waals surface area contributed by atoms with Crippen molar-refractivity contribution in [2.24, 2.45) is 0 Å². The summed E-state index contributed by atoms with van der Waals surface area (Å²) >= 11 is 13.0. The number of aliphatic hydroxyl groups is 1. The number of hydrogen-bond acceptors (Lipinski definition) is 2. The number of benzene rings is 1. The fourth-order valence-electron chi connectivity index (χ4n) is 2.10. The predicted molar refractivity (Wildman–Crippen MR) is 78.7 cm³/mol. The van der Waals surface area contributed by atoms with Crippen molar-refractivity contribution in [1.82, 2.24) is 0 Å². The Labute approximate surface area is 123 Å². The van der Waals surface area contributed by atoms with Gasteiger partial charge in [-0.25, -0.2) is 0 Å². The lowest BCUT2D eigenvalue weighted by atomic mass is 9.93. The van der Waals surface area contributed by atoms with Gasteiger partial charge in [-0.2, -0.15) is 0 Å². The molecule has 0 saturated heterocycles. The third-order valence-electron chi connectivity index (χ3n) is 3.05. The van der Waals surface area contributed by atoms with Crippen molar-refractivity contribution in [3.63, 3.8) is 0 Å². The van der Waals surface area contributed by atoms with Gasteiger partial charge in [-0.3, -0.25) is 0 Å². The van der Waals surface area contributed by atoms with Crippen LogP contribution in [0.3, 0.4) is 0 Å². The average molecular weight is 384 g/mol. The minimum Gasteiger partial charge on any atom is -0.393 e. The van der Waals surface area contributed by atoms with Crippen LogP contribution in [0, 0.1) is 0 Å². The van der Waals surface area contributed by atoms with Crippen LogP contribution >= 0.6 is 43.5 Å². The van der Waals surface area contributed by atoms with Crippen molar-refractivity contribution >= 4 is 49.1 Å². The van der Waals surface area contributed by atoms with E-state index in [2.05, 4.69) is 37.2 Å². The molecule has 5 heteroatoms. The molecule has 0 amide bonds. The van der Waals surface area contributed by atoms with Crippen LogP contribution in [0.5, 0.6) is 0 Å². The molecule has 1 fully saturated rings. The first kappa shape index (κ1) is 13.7. The summed E-state index contributed by atoms with van der Waals surface area (Å²) in [5.74, 6) is 0. The summed E-state index contributed by atoms with van der Waals surface area (Å²) in [5.41, 5.74) is 1.04. The van der Waals surface area contributed by atoms with E-state index < -0.39 is 0 Å². The first-order chi connectivity index (χ1) is 8.06. The molecule has 1 aromatic carbocycles. The molecule has 0 aliphatic heterocycles. The summed E-state index contributed by atoms with van der Waals surface area (Å²) in [6.45, 7) is 0. The van der Waals surface area contributed by atoms with Gasteiger partial charge in [0.25, 0.3) is 0 Å². The van der Waals surface area contributed by atoms with Crippen molar-refractivity contribution in [3.05, 3.63) is 26.1 Å². The normalized spacial score (nSPS) is 24.7. The average Bonchev–Trinajstić information content (AvgIpc) is 2.26. The fourth-order valence-corrected chi connectivity index (χ4v) is 4.00. The van der Waals surface area contributed by atoms with Gasteiger partial charge in [0.15, 0.2) is 0 Å². The summed E-state index contributed by atoms with van der Waals surface area (Å²) in [4.78, 5) is 0. The number of nitrogens with one attached hydrogen (secondary N) is 1. The highest BCUT2D eigenvalue weighted by molar-refractivity contribution is 9.11. The highest BCUT2D eigenvalue weighted by Gasteiger charge is 2.20. The Morgan fingerprint density at radius 2 is 1.65 bits per heavy atom. The molecule has 94 valence electrons. The predicted octanol–water partition coefficient (Wildman–Crippen LogP) is 4.58. The van der Waals surface area contributed by atoms with E-state index in [1.54, 1.807) is 0 Å². The van der Waals surface area contributed by atoms with Gasteiger partial charge < -0.3 is 10.4 Å². The van der Waals surface area contributed by atoms with Crippen LogP contribution in [0.1, 0.15) is 25.7 Å². The Morgan fingerprint density at radius 3 is 2.18 bits per heavy atom.